The molecule has 0 saturated carbocycles. The Kier molecular flexibility index (Phi) is 3.03. The molecule has 22 heavy (non-hydrogen) atoms. The van der Waals surface area contributed by atoms with Crippen LogP contribution in [0.15, 0.2) is 24.4 Å². The van der Waals surface area contributed by atoms with Gasteiger partial charge >= 0.3 is 7.82 Å². The van der Waals surface area contributed by atoms with Gasteiger partial charge in [-0.05, 0) is 23.8 Å². The number of aromatic amines is 1. The van der Waals surface area contributed by atoms with Gasteiger partial charge in [-0.3, -0.25) is 0 Å². The van der Waals surface area contributed by atoms with Crippen molar-refractivity contribution in [1.29, 1.82) is 0 Å². The third kappa shape index (κ3) is 4.56. The Labute approximate surface area is 137 Å². The average molecular weight is 335 g/mol. The lowest BCUT2D eigenvalue weighted by Gasteiger charge is -2.29. The van der Waals surface area contributed by atoms with Gasteiger partial charge in [-0.1, -0.05) is 0 Å². The molecule has 2 aromatic rings. The molecule has 3 N–H and O–H groups in total. The molecule has 0 amide bonds. The molecule has 0 saturated heterocycles. The number of hydrogen-bond acceptors (Lipinski definition) is 3. The zero-order valence-electron chi connectivity index (χ0n) is 17.9. The molecule has 0 aliphatic carbocycles. The quantitative estimate of drug-likeness (QED) is 0.408. The fourth-order valence-corrected chi connectivity index (χ4v) is 2.39. The van der Waals surface area contributed by atoms with Gasteiger partial charge in [0.2, 0.25) is 0 Å². The topological polar surface area (TPSA) is 91.8 Å². The fraction of sp³-hybridized carbons (Fsp3) is 0.429. The highest BCUT2D eigenvalue weighted by atomic mass is 31.2. The lowest BCUT2D eigenvalue weighted by atomic mass is 10.1. The predicted molar refractivity (Wildman–Crippen MR) is 83.5 cm³/mol. The number of ether oxygens (including phenoxy) is 1. The van der Waals surface area contributed by atoms with E-state index in [1.165, 1.54) is 7.11 Å². The van der Waals surface area contributed by atoms with Gasteiger partial charge < -0.3 is 24.0 Å². The van der Waals surface area contributed by atoms with E-state index >= 15 is 0 Å². The zero-order valence-corrected chi connectivity index (χ0v) is 12.8. The number of fused-ring (bicyclic) bond motifs is 1. The van der Waals surface area contributed by atoms with Crippen LogP contribution in [0.5, 0.6) is 5.75 Å². The highest BCUT2D eigenvalue weighted by Crippen LogP contribution is 2.36. The maximum atomic E-state index is 11.1. The Morgan fingerprint density at radius 2 is 2.18 bits per heavy atom. The van der Waals surface area contributed by atoms with E-state index in [4.69, 9.17) is 22.7 Å². The first-order chi connectivity index (χ1) is 12.7. The Morgan fingerprint density at radius 1 is 1.41 bits per heavy atom. The van der Waals surface area contributed by atoms with Crippen molar-refractivity contribution in [3.05, 3.63) is 30.0 Å². The standard InChI is InChI=1S/C14H21N2O5P/c1-16(2,10-21-22(17,18)19)7-6-11-9-15-14-5-4-12(20-3)8-13(11)14/h4-5,8-9,15H,6-7,10H2,1-3H3,(H-,17,18,19)/p+1/i1D3,2D3. The molecule has 122 valence electrons. The normalized spacial score (nSPS) is 18.0. The summed E-state index contributed by atoms with van der Waals surface area (Å²) >= 11 is 0. The van der Waals surface area contributed by atoms with Crippen molar-refractivity contribution in [3.8, 4) is 5.75 Å². The maximum Gasteiger partial charge on any atom is 0.474 e. The minimum Gasteiger partial charge on any atom is -0.497 e. The van der Waals surface area contributed by atoms with Crippen LogP contribution >= 0.6 is 7.82 Å². The second-order valence-corrected chi connectivity index (χ2v) is 6.16. The number of hydrogen-bond donors (Lipinski definition) is 3. The highest BCUT2D eigenvalue weighted by Gasteiger charge is 2.23. The molecular weight excluding hydrogens is 307 g/mol. The predicted octanol–water partition coefficient (Wildman–Crippen LogP) is 1.86. The van der Waals surface area contributed by atoms with Gasteiger partial charge in [0, 0.05) is 23.5 Å². The summed E-state index contributed by atoms with van der Waals surface area (Å²) in [6.07, 6.45) is 1.64. The van der Waals surface area contributed by atoms with Gasteiger partial charge in [0.25, 0.3) is 0 Å². The SMILES string of the molecule is [2H]C([2H])([2H])[N+](CCc1c[nH]c2ccc(OC)cc12)(COP(=O)(O)O)C([2H])([2H])[2H]. The van der Waals surface area contributed by atoms with Crippen molar-refractivity contribution in [3.63, 3.8) is 0 Å². The van der Waals surface area contributed by atoms with E-state index in [2.05, 4.69) is 9.51 Å². The van der Waals surface area contributed by atoms with Crippen LogP contribution in [-0.4, -0.2) is 53.6 Å². The lowest BCUT2D eigenvalue weighted by molar-refractivity contribution is -0.906. The van der Waals surface area contributed by atoms with Crippen LogP contribution in [0.2, 0.25) is 0 Å². The number of nitrogens with one attached hydrogen (secondary N) is 1. The molecule has 0 fully saturated rings. The molecule has 0 unspecified atom stereocenters. The molecule has 2 rings (SSSR count). The number of quaternary nitrogens is 1. The summed E-state index contributed by atoms with van der Waals surface area (Å²) in [5.41, 5.74) is 1.39. The van der Waals surface area contributed by atoms with Crippen molar-refractivity contribution < 1.29 is 36.3 Å². The molecule has 0 bridgehead atoms. The monoisotopic (exact) mass is 335 g/mol. The Morgan fingerprint density at radius 3 is 2.82 bits per heavy atom. The van der Waals surface area contributed by atoms with E-state index in [1.807, 2.05) is 0 Å². The van der Waals surface area contributed by atoms with Crippen LogP contribution in [-0.2, 0) is 15.5 Å². The van der Waals surface area contributed by atoms with E-state index in [0.29, 0.717) is 11.3 Å². The van der Waals surface area contributed by atoms with E-state index in [1.54, 1.807) is 24.4 Å². The number of phosphoric ester groups is 1. The first-order valence-corrected chi connectivity index (χ1v) is 7.95. The number of phosphoric acid groups is 1. The van der Waals surface area contributed by atoms with E-state index in [0.717, 1.165) is 10.9 Å². The van der Waals surface area contributed by atoms with Gasteiger partial charge in [-0.15, -0.1) is 0 Å². The molecule has 0 aliphatic heterocycles. The molecule has 8 heteroatoms. The van der Waals surface area contributed by atoms with Crippen LogP contribution < -0.4 is 4.74 Å². The smallest absolute Gasteiger partial charge is 0.474 e. The minimum atomic E-state index is -5.07. The van der Waals surface area contributed by atoms with Gasteiger partial charge in [0.15, 0.2) is 6.73 Å². The van der Waals surface area contributed by atoms with Crippen molar-refractivity contribution in [1.82, 2.24) is 4.98 Å². The van der Waals surface area contributed by atoms with Crippen molar-refractivity contribution in [2.75, 3.05) is 34.3 Å². The van der Waals surface area contributed by atoms with Crippen LogP contribution in [0.3, 0.4) is 0 Å². The van der Waals surface area contributed by atoms with Crippen LogP contribution in [0, 0.1) is 0 Å². The van der Waals surface area contributed by atoms with E-state index < -0.39 is 39.5 Å². The van der Waals surface area contributed by atoms with Gasteiger partial charge in [0.1, 0.15) is 5.75 Å². The summed E-state index contributed by atoms with van der Waals surface area (Å²) in [5.74, 6) is 0.575. The molecule has 1 aromatic carbocycles. The van der Waals surface area contributed by atoms with Gasteiger partial charge in [0.05, 0.1) is 35.8 Å². The van der Waals surface area contributed by atoms with Crippen molar-refractivity contribution >= 4 is 18.7 Å². The maximum absolute atomic E-state index is 11.1. The number of benzene rings is 1. The molecule has 0 radical (unpaired) electrons. The Balaban J connectivity index is 2.41. The number of nitrogens with zero attached hydrogens (tertiary/aromatic N) is 1. The third-order valence-corrected chi connectivity index (χ3v) is 3.64. The van der Waals surface area contributed by atoms with E-state index in [-0.39, 0.29) is 6.42 Å². The first kappa shape index (κ1) is 10.4. The number of H-pyrrole nitrogens is 1. The summed E-state index contributed by atoms with van der Waals surface area (Å²) in [5, 5.41) is 0.726. The zero-order chi connectivity index (χ0) is 21.4. The molecule has 1 heterocycles. The van der Waals surface area contributed by atoms with Gasteiger partial charge in [-0.2, -0.15) is 0 Å². The second-order valence-electron chi connectivity index (χ2n) is 4.92. The molecule has 0 atom stereocenters. The number of likely N-dealkylation sites (N-methyl/N-ethyl adjacent to an activating group) is 1. The average Bonchev–Trinajstić information content (AvgIpc) is 2.93. The van der Waals surface area contributed by atoms with Crippen molar-refractivity contribution in [2.45, 2.75) is 6.42 Å². The number of rotatable bonds is 7. The summed E-state index contributed by atoms with van der Waals surface area (Å²) < 4.78 is 65.4. The first-order valence-electron chi connectivity index (χ1n) is 9.41. The summed E-state index contributed by atoms with van der Waals surface area (Å²) in [6, 6.07) is 5.23. The Bertz CT molecular complexity index is 861. The van der Waals surface area contributed by atoms with E-state index in [9.17, 15) is 4.57 Å². The lowest BCUT2D eigenvalue weighted by Crippen LogP contribution is -2.42. The second kappa shape index (κ2) is 6.40. The van der Waals surface area contributed by atoms with Gasteiger partial charge in [-0.25, -0.2) is 9.09 Å². The molecule has 0 spiro atoms. The molecule has 7 nitrogen and oxygen atoms in total. The largest absolute Gasteiger partial charge is 0.497 e. The summed E-state index contributed by atoms with van der Waals surface area (Å²) in [4.78, 5) is 20.9. The molecule has 1 aromatic heterocycles. The van der Waals surface area contributed by atoms with Crippen molar-refractivity contribution in [2.24, 2.45) is 0 Å². The highest BCUT2D eigenvalue weighted by molar-refractivity contribution is 7.46. The minimum absolute atomic E-state index is 0.00840. The van der Waals surface area contributed by atoms with Crippen LogP contribution in [0.1, 0.15) is 13.8 Å². The molecular formula is C14H22N2O5P+. The van der Waals surface area contributed by atoms with Crippen LogP contribution in [0.4, 0.5) is 0 Å². The van der Waals surface area contributed by atoms with Crippen LogP contribution in [0.25, 0.3) is 10.9 Å². The summed E-state index contributed by atoms with van der Waals surface area (Å²) in [6.45, 7) is -7.87. The molecule has 0 aliphatic rings. The number of methoxy groups -OCH3 is 1. The fourth-order valence-electron chi connectivity index (χ4n) is 2.04. The third-order valence-electron chi connectivity index (χ3n) is 3.18. The number of aromatic nitrogens is 1. The summed E-state index contributed by atoms with van der Waals surface area (Å²) in [7, 11) is -3.58. The Hall–Kier alpha value is -1.37.